The lowest BCUT2D eigenvalue weighted by atomic mass is 10.1. The van der Waals surface area contributed by atoms with Crippen LogP contribution >= 0.6 is 27.5 Å². The van der Waals surface area contributed by atoms with Gasteiger partial charge in [-0.2, -0.15) is 0 Å². The summed E-state index contributed by atoms with van der Waals surface area (Å²) in [6, 6.07) is 15.3. The number of hydrogen-bond acceptors (Lipinski definition) is 7. The molecule has 0 aromatic heterocycles. The third-order valence-electron chi connectivity index (χ3n) is 5.07. The van der Waals surface area contributed by atoms with Gasteiger partial charge in [0.05, 0.1) is 27.1 Å². The fourth-order valence-electron chi connectivity index (χ4n) is 3.28. The van der Waals surface area contributed by atoms with Gasteiger partial charge >= 0.3 is 5.97 Å². The Morgan fingerprint density at radius 2 is 1.91 bits per heavy atom. The number of esters is 1. The summed E-state index contributed by atoms with van der Waals surface area (Å²) in [6.45, 7) is 2.37. The number of ether oxygens (including phenoxy) is 3. The van der Waals surface area contributed by atoms with Crippen molar-refractivity contribution in [2.45, 2.75) is 13.5 Å². The first-order chi connectivity index (χ1) is 16.7. The van der Waals surface area contributed by atoms with Crippen molar-refractivity contribution in [2.24, 2.45) is 4.99 Å². The van der Waals surface area contributed by atoms with Gasteiger partial charge in [-0.15, -0.1) is 0 Å². The molecule has 0 unspecified atom stereocenters. The molecule has 178 valence electrons. The Hall–Kier alpha value is -3.69. The van der Waals surface area contributed by atoms with E-state index in [0.29, 0.717) is 28.1 Å². The lowest BCUT2D eigenvalue weighted by Gasteiger charge is -2.14. The molecule has 0 bridgehead atoms. The standard InChI is InChI=1S/C25H18BrClN2O6/c1-14-3-5-15(6-4-14)13-34-23-19(26)9-16(11-22(23)33-2)10-21-25(30)35-24(28-21)18-8-7-17(29(31)32)12-20(18)27/h3-12H,13H2,1-2H3/b21-10-. The minimum atomic E-state index is -0.677. The van der Waals surface area contributed by atoms with E-state index in [1.165, 1.54) is 31.4 Å². The number of hydrogen-bond donors (Lipinski definition) is 0. The van der Waals surface area contributed by atoms with Crippen molar-refractivity contribution < 1.29 is 23.9 Å². The highest BCUT2D eigenvalue weighted by molar-refractivity contribution is 9.10. The van der Waals surface area contributed by atoms with Crippen molar-refractivity contribution in [1.82, 2.24) is 0 Å². The van der Waals surface area contributed by atoms with E-state index in [1.807, 2.05) is 31.2 Å². The number of nitrogens with zero attached hydrogens (tertiary/aromatic N) is 2. The topological polar surface area (TPSA) is 100 Å². The SMILES string of the molecule is COc1cc(/C=C2\N=C(c3ccc([N+](=O)[O-])cc3Cl)OC2=O)cc(Br)c1OCc1ccc(C)cc1. The minimum Gasteiger partial charge on any atom is -0.493 e. The maximum atomic E-state index is 12.4. The highest BCUT2D eigenvalue weighted by Crippen LogP contribution is 2.38. The zero-order valence-electron chi connectivity index (χ0n) is 18.6. The average molecular weight is 558 g/mol. The Bertz CT molecular complexity index is 1390. The Kier molecular flexibility index (Phi) is 7.18. The van der Waals surface area contributed by atoms with Crippen LogP contribution in [0.25, 0.3) is 6.08 Å². The first-order valence-electron chi connectivity index (χ1n) is 10.3. The van der Waals surface area contributed by atoms with Gasteiger partial charge in [-0.3, -0.25) is 10.1 Å². The zero-order valence-corrected chi connectivity index (χ0v) is 20.9. The Labute approximate surface area is 214 Å². The van der Waals surface area contributed by atoms with Gasteiger partial charge in [0.15, 0.2) is 17.2 Å². The van der Waals surface area contributed by atoms with Crippen LogP contribution in [0.3, 0.4) is 0 Å². The molecule has 0 aliphatic carbocycles. The van der Waals surface area contributed by atoms with Gasteiger partial charge in [-0.25, -0.2) is 9.79 Å². The third-order valence-corrected chi connectivity index (χ3v) is 5.98. The fraction of sp³-hybridized carbons (Fsp3) is 0.120. The summed E-state index contributed by atoms with van der Waals surface area (Å²) in [5, 5.41) is 11.0. The molecule has 0 N–H and O–H groups in total. The monoisotopic (exact) mass is 556 g/mol. The maximum absolute atomic E-state index is 12.4. The van der Waals surface area contributed by atoms with Crippen LogP contribution in [0.4, 0.5) is 5.69 Å². The number of aliphatic imine (C=N–C) groups is 1. The lowest BCUT2D eigenvalue weighted by molar-refractivity contribution is -0.384. The molecule has 0 saturated carbocycles. The van der Waals surface area contributed by atoms with E-state index < -0.39 is 10.9 Å². The molecule has 8 nitrogen and oxygen atoms in total. The third kappa shape index (κ3) is 5.52. The van der Waals surface area contributed by atoms with E-state index in [0.717, 1.165) is 11.1 Å². The molecule has 4 rings (SSSR count). The highest BCUT2D eigenvalue weighted by Gasteiger charge is 2.27. The molecule has 0 spiro atoms. The van der Waals surface area contributed by atoms with Gasteiger partial charge in [-0.05, 0) is 58.3 Å². The van der Waals surface area contributed by atoms with Gasteiger partial charge in [0.1, 0.15) is 6.61 Å². The predicted octanol–water partition coefficient (Wildman–Crippen LogP) is 6.25. The molecular formula is C25H18BrClN2O6. The lowest BCUT2D eigenvalue weighted by Crippen LogP contribution is -2.06. The number of carbonyl (C=O) groups excluding carboxylic acids is 1. The summed E-state index contributed by atoms with van der Waals surface area (Å²) in [7, 11) is 1.52. The normalized spacial score (nSPS) is 14.0. The van der Waals surface area contributed by atoms with E-state index >= 15 is 0 Å². The van der Waals surface area contributed by atoms with Crippen molar-refractivity contribution in [3.63, 3.8) is 0 Å². The molecule has 1 aliphatic rings. The first-order valence-corrected chi connectivity index (χ1v) is 11.4. The Morgan fingerprint density at radius 3 is 2.57 bits per heavy atom. The number of cyclic esters (lactones) is 1. The fourth-order valence-corrected chi connectivity index (χ4v) is 4.11. The molecular weight excluding hydrogens is 540 g/mol. The number of rotatable bonds is 7. The van der Waals surface area contributed by atoms with E-state index in [4.69, 9.17) is 25.8 Å². The molecule has 0 radical (unpaired) electrons. The quantitative estimate of drug-likeness (QED) is 0.147. The summed E-state index contributed by atoms with van der Waals surface area (Å²) in [4.78, 5) is 27.0. The summed E-state index contributed by atoms with van der Waals surface area (Å²) in [6.07, 6.45) is 1.53. The molecule has 1 heterocycles. The Balaban J connectivity index is 1.59. The van der Waals surface area contributed by atoms with Crippen LogP contribution in [0.15, 0.2) is 69.8 Å². The number of aryl methyl sites for hydroxylation is 1. The smallest absolute Gasteiger partial charge is 0.363 e. The maximum Gasteiger partial charge on any atom is 0.363 e. The molecule has 0 saturated heterocycles. The zero-order chi connectivity index (χ0) is 25.1. The van der Waals surface area contributed by atoms with Gasteiger partial charge in [0.25, 0.3) is 5.69 Å². The summed E-state index contributed by atoms with van der Waals surface area (Å²) in [5.74, 6) is 0.271. The van der Waals surface area contributed by atoms with Crippen molar-refractivity contribution in [2.75, 3.05) is 7.11 Å². The molecule has 0 atom stereocenters. The van der Waals surface area contributed by atoms with Crippen LogP contribution < -0.4 is 9.47 Å². The van der Waals surface area contributed by atoms with Crippen molar-refractivity contribution >= 4 is 51.2 Å². The predicted molar refractivity (Wildman–Crippen MR) is 135 cm³/mol. The van der Waals surface area contributed by atoms with Crippen molar-refractivity contribution in [1.29, 1.82) is 0 Å². The van der Waals surface area contributed by atoms with Crippen LogP contribution in [0.2, 0.25) is 5.02 Å². The first kappa shape index (κ1) is 24.4. The number of nitro benzene ring substituents is 1. The largest absolute Gasteiger partial charge is 0.493 e. The summed E-state index contributed by atoms with van der Waals surface area (Å²) >= 11 is 9.64. The van der Waals surface area contributed by atoms with Crippen LogP contribution in [-0.4, -0.2) is 23.9 Å². The van der Waals surface area contributed by atoms with E-state index in [1.54, 1.807) is 12.1 Å². The van der Waals surface area contributed by atoms with Crippen LogP contribution in [0.5, 0.6) is 11.5 Å². The van der Waals surface area contributed by atoms with Crippen molar-refractivity contribution in [3.05, 3.63) is 102 Å². The molecule has 0 amide bonds. The second-order valence-corrected chi connectivity index (χ2v) is 8.83. The highest BCUT2D eigenvalue weighted by atomic mass is 79.9. The molecule has 3 aromatic rings. The minimum absolute atomic E-state index is 0.0368. The molecule has 3 aromatic carbocycles. The number of benzene rings is 3. The summed E-state index contributed by atoms with van der Waals surface area (Å²) in [5.41, 5.74) is 2.92. The van der Waals surface area contributed by atoms with Gasteiger partial charge in [0.2, 0.25) is 5.90 Å². The van der Waals surface area contributed by atoms with Crippen LogP contribution in [0.1, 0.15) is 22.3 Å². The molecule has 0 fully saturated rings. The van der Waals surface area contributed by atoms with Gasteiger partial charge < -0.3 is 14.2 Å². The number of methoxy groups -OCH3 is 1. The van der Waals surface area contributed by atoms with Gasteiger partial charge in [0, 0.05) is 12.1 Å². The van der Waals surface area contributed by atoms with E-state index in [9.17, 15) is 14.9 Å². The van der Waals surface area contributed by atoms with E-state index in [2.05, 4.69) is 20.9 Å². The van der Waals surface area contributed by atoms with Crippen molar-refractivity contribution in [3.8, 4) is 11.5 Å². The summed E-state index contributed by atoms with van der Waals surface area (Å²) < 4.78 is 17.3. The molecule has 35 heavy (non-hydrogen) atoms. The molecule has 1 aliphatic heterocycles. The Morgan fingerprint density at radius 1 is 1.17 bits per heavy atom. The second-order valence-electron chi connectivity index (χ2n) is 7.57. The molecule has 10 heteroatoms. The average Bonchev–Trinajstić information content (AvgIpc) is 3.18. The van der Waals surface area contributed by atoms with E-state index in [-0.39, 0.29) is 27.9 Å². The van der Waals surface area contributed by atoms with Gasteiger partial charge in [-0.1, -0.05) is 41.4 Å². The second kappa shape index (κ2) is 10.3. The van der Waals surface area contributed by atoms with Crippen LogP contribution in [-0.2, 0) is 16.1 Å². The number of carbonyl (C=O) groups is 1. The number of nitro groups is 1. The number of non-ortho nitro benzene ring substituents is 1. The van der Waals surface area contributed by atoms with Crippen LogP contribution in [0, 0.1) is 17.0 Å². The number of halogens is 2.